The highest BCUT2D eigenvalue weighted by molar-refractivity contribution is 7.89. The molecule has 0 heterocycles. The first-order valence-electron chi connectivity index (χ1n) is 5.04. The van der Waals surface area contributed by atoms with Gasteiger partial charge in [-0.3, -0.25) is 4.84 Å². The van der Waals surface area contributed by atoms with Crippen LogP contribution < -0.4 is 9.62 Å². The molecule has 1 aromatic rings. The van der Waals surface area contributed by atoms with Crippen molar-refractivity contribution in [3.8, 4) is 5.75 Å². The third-order valence-corrected chi connectivity index (χ3v) is 3.04. The second kappa shape index (κ2) is 6.34. The number of hydrogen-bond acceptors (Lipinski definition) is 5. The number of ether oxygens (including phenoxy) is 1. The quantitative estimate of drug-likeness (QED) is 0.697. The van der Waals surface area contributed by atoms with Gasteiger partial charge < -0.3 is 9.84 Å². The van der Waals surface area contributed by atoms with Gasteiger partial charge in [0, 0.05) is 0 Å². The average molecular weight is 275 g/mol. The summed E-state index contributed by atoms with van der Waals surface area (Å²) in [4.78, 5) is 16.1. The molecular formula is C10H13NO6S. The fourth-order valence-electron chi connectivity index (χ4n) is 1.10. The molecule has 0 saturated carbocycles. The van der Waals surface area contributed by atoms with Crippen LogP contribution in [0.4, 0.5) is 0 Å². The lowest BCUT2D eigenvalue weighted by molar-refractivity contribution is -0.143. The predicted molar refractivity (Wildman–Crippen MR) is 61.5 cm³/mol. The third kappa shape index (κ3) is 4.32. The van der Waals surface area contributed by atoms with Crippen molar-refractivity contribution in [3.05, 3.63) is 24.3 Å². The monoisotopic (exact) mass is 275 g/mol. The van der Waals surface area contributed by atoms with E-state index in [1.54, 1.807) is 4.89 Å². The van der Waals surface area contributed by atoms with Crippen LogP contribution in [0.15, 0.2) is 29.2 Å². The lowest BCUT2D eigenvalue weighted by Gasteiger charge is -2.07. The summed E-state index contributed by atoms with van der Waals surface area (Å²) in [5, 5.41) is 8.30. The van der Waals surface area contributed by atoms with E-state index >= 15 is 0 Å². The fraction of sp³-hybridized carbons (Fsp3) is 0.300. The molecule has 0 fully saturated rings. The van der Waals surface area contributed by atoms with Gasteiger partial charge in [0.15, 0.2) is 6.61 Å². The first-order valence-corrected chi connectivity index (χ1v) is 6.52. The van der Waals surface area contributed by atoms with E-state index < -0.39 is 22.6 Å². The van der Waals surface area contributed by atoms with E-state index in [-0.39, 0.29) is 4.90 Å². The SMILES string of the molecule is CCOc1ccc(S(=O)(=O)NOCC(=O)O)cc1. The second-order valence-corrected chi connectivity index (χ2v) is 4.82. The summed E-state index contributed by atoms with van der Waals surface area (Å²) in [6.45, 7) is 1.54. The maximum atomic E-state index is 11.6. The van der Waals surface area contributed by atoms with Crippen LogP contribution in [0.25, 0.3) is 0 Å². The molecular weight excluding hydrogens is 262 g/mol. The Balaban J connectivity index is 2.69. The van der Waals surface area contributed by atoms with E-state index in [9.17, 15) is 13.2 Å². The summed E-state index contributed by atoms with van der Waals surface area (Å²) in [6, 6.07) is 5.65. The van der Waals surface area contributed by atoms with Gasteiger partial charge in [-0.15, -0.1) is 0 Å². The van der Waals surface area contributed by atoms with Crippen LogP contribution in [-0.4, -0.2) is 32.7 Å². The van der Waals surface area contributed by atoms with E-state index in [1.165, 1.54) is 24.3 Å². The van der Waals surface area contributed by atoms with Crippen molar-refractivity contribution >= 4 is 16.0 Å². The molecule has 2 N–H and O–H groups in total. The van der Waals surface area contributed by atoms with Crippen molar-refractivity contribution in [2.75, 3.05) is 13.2 Å². The number of carboxylic acid groups (broad SMARTS) is 1. The molecule has 0 unspecified atom stereocenters. The van der Waals surface area contributed by atoms with E-state index in [0.717, 1.165) is 0 Å². The number of rotatable bonds is 7. The highest BCUT2D eigenvalue weighted by Gasteiger charge is 2.14. The van der Waals surface area contributed by atoms with Crippen LogP contribution >= 0.6 is 0 Å². The van der Waals surface area contributed by atoms with Crippen LogP contribution in [0.3, 0.4) is 0 Å². The molecule has 0 atom stereocenters. The molecule has 0 radical (unpaired) electrons. The van der Waals surface area contributed by atoms with Crippen LogP contribution in [0.1, 0.15) is 6.92 Å². The molecule has 0 saturated heterocycles. The Kier molecular flexibility index (Phi) is 5.08. The Hall–Kier alpha value is -1.64. The zero-order valence-corrected chi connectivity index (χ0v) is 10.4. The van der Waals surface area contributed by atoms with Crippen LogP contribution in [0.5, 0.6) is 5.75 Å². The fourth-order valence-corrected chi connectivity index (χ4v) is 1.90. The Bertz CT molecular complexity index is 496. The van der Waals surface area contributed by atoms with E-state index in [4.69, 9.17) is 9.84 Å². The Morgan fingerprint density at radius 2 is 1.94 bits per heavy atom. The van der Waals surface area contributed by atoms with Gasteiger partial charge in [-0.05, 0) is 31.2 Å². The van der Waals surface area contributed by atoms with Gasteiger partial charge >= 0.3 is 5.97 Å². The zero-order valence-electron chi connectivity index (χ0n) is 9.62. The topological polar surface area (TPSA) is 102 Å². The molecule has 18 heavy (non-hydrogen) atoms. The number of nitrogens with one attached hydrogen (secondary N) is 1. The van der Waals surface area contributed by atoms with Crippen molar-refractivity contribution in [2.45, 2.75) is 11.8 Å². The number of carbonyl (C=O) groups is 1. The van der Waals surface area contributed by atoms with Crippen LogP contribution in [-0.2, 0) is 19.7 Å². The molecule has 0 aliphatic carbocycles. The average Bonchev–Trinajstić information content (AvgIpc) is 2.29. The Labute approximate surface area is 104 Å². The van der Waals surface area contributed by atoms with Gasteiger partial charge in [-0.25, -0.2) is 13.2 Å². The van der Waals surface area contributed by atoms with Gasteiger partial charge in [-0.2, -0.15) is 0 Å². The van der Waals surface area contributed by atoms with Gasteiger partial charge in [0.1, 0.15) is 5.75 Å². The molecule has 0 spiro atoms. The van der Waals surface area contributed by atoms with Gasteiger partial charge in [0.05, 0.1) is 11.5 Å². The molecule has 1 aromatic carbocycles. The first-order chi connectivity index (χ1) is 8.45. The highest BCUT2D eigenvalue weighted by atomic mass is 32.2. The summed E-state index contributed by atoms with van der Waals surface area (Å²) >= 11 is 0. The first kappa shape index (κ1) is 14.4. The lowest BCUT2D eigenvalue weighted by Crippen LogP contribution is -2.26. The highest BCUT2D eigenvalue weighted by Crippen LogP contribution is 2.15. The number of aliphatic carboxylic acids is 1. The summed E-state index contributed by atoms with van der Waals surface area (Å²) in [7, 11) is -3.88. The van der Waals surface area contributed by atoms with Gasteiger partial charge in [0.25, 0.3) is 10.0 Å². The number of sulfonamides is 1. The molecule has 7 nitrogen and oxygen atoms in total. The van der Waals surface area contributed by atoms with Crippen molar-refractivity contribution in [1.29, 1.82) is 0 Å². The minimum Gasteiger partial charge on any atom is -0.494 e. The van der Waals surface area contributed by atoms with Crippen molar-refractivity contribution in [1.82, 2.24) is 4.89 Å². The summed E-state index contributed by atoms with van der Waals surface area (Å²) in [5.41, 5.74) is 0. The Morgan fingerprint density at radius 1 is 1.33 bits per heavy atom. The maximum absolute atomic E-state index is 11.6. The van der Waals surface area contributed by atoms with Gasteiger partial charge in [0.2, 0.25) is 0 Å². The van der Waals surface area contributed by atoms with Crippen molar-refractivity contribution < 1.29 is 27.9 Å². The van der Waals surface area contributed by atoms with Crippen molar-refractivity contribution in [2.24, 2.45) is 0 Å². The number of benzene rings is 1. The maximum Gasteiger partial charge on any atom is 0.331 e. The zero-order chi connectivity index (χ0) is 13.6. The number of hydrogen-bond donors (Lipinski definition) is 2. The molecule has 100 valence electrons. The summed E-state index contributed by atoms with van der Waals surface area (Å²) in [6.07, 6.45) is 0. The largest absolute Gasteiger partial charge is 0.494 e. The Morgan fingerprint density at radius 3 is 2.44 bits per heavy atom. The third-order valence-electron chi connectivity index (χ3n) is 1.81. The van der Waals surface area contributed by atoms with E-state index in [0.29, 0.717) is 12.4 Å². The molecule has 0 aromatic heterocycles. The van der Waals surface area contributed by atoms with Crippen LogP contribution in [0, 0.1) is 0 Å². The summed E-state index contributed by atoms with van der Waals surface area (Å²) in [5.74, 6) is -0.729. The molecule has 8 heteroatoms. The molecule has 0 amide bonds. The minimum atomic E-state index is -3.88. The molecule has 0 aliphatic heterocycles. The standard InChI is InChI=1S/C10H13NO6S/c1-2-16-8-3-5-9(6-4-8)18(14,15)11-17-7-10(12)13/h3-6,11H,2,7H2,1H3,(H,12,13). The van der Waals surface area contributed by atoms with E-state index in [2.05, 4.69) is 4.84 Å². The van der Waals surface area contributed by atoms with Gasteiger partial charge in [-0.1, -0.05) is 4.89 Å². The molecule has 0 bridgehead atoms. The van der Waals surface area contributed by atoms with Crippen LogP contribution in [0.2, 0.25) is 0 Å². The lowest BCUT2D eigenvalue weighted by atomic mass is 10.3. The summed E-state index contributed by atoms with van der Waals surface area (Å²) < 4.78 is 28.4. The molecule has 0 aliphatic rings. The van der Waals surface area contributed by atoms with Crippen molar-refractivity contribution in [3.63, 3.8) is 0 Å². The minimum absolute atomic E-state index is 0.0451. The normalized spacial score (nSPS) is 11.2. The smallest absolute Gasteiger partial charge is 0.331 e. The number of carboxylic acids is 1. The predicted octanol–water partition coefficient (Wildman–Crippen LogP) is 0.380. The second-order valence-electron chi connectivity index (χ2n) is 3.17. The van der Waals surface area contributed by atoms with E-state index in [1.807, 2.05) is 6.92 Å². The molecule has 1 rings (SSSR count).